The minimum atomic E-state index is -0.675. The molecule has 0 atom stereocenters. The molecule has 3 N–H and O–H groups in total. The monoisotopic (exact) mass is 456 g/mol. The molecule has 0 aliphatic rings. The summed E-state index contributed by atoms with van der Waals surface area (Å²) in [7, 11) is 1.54. The van der Waals surface area contributed by atoms with Gasteiger partial charge in [-0.3, -0.25) is 4.79 Å². The summed E-state index contributed by atoms with van der Waals surface area (Å²) in [6.07, 6.45) is 1.37. The van der Waals surface area contributed by atoms with Gasteiger partial charge in [0.1, 0.15) is 23.0 Å². The molecule has 8 heteroatoms. The van der Waals surface area contributed by atoms with Gasteiger partial charge in [0.15, 0.2) is 0 Å². The Morgan fingerprint density at radius 2 is 1.71 bits per heavy atom. The van der Waals surface area contributed by atoms with Crippen molar-refractivity contribution in [1.29, 1.82) is 0 Å². The number of nitrogens with zero attached hydrogens (tertiary/aromatic N) is 1. The largest absolute Gasteiger partial charge is 0.508 e. The summed E-state index contributed by atoms with van der Waals surface area (Å²) in [5, 5.41) is 24.9. The summed E-state index contributed by atoms with van der Waals surface area (Å²) >= 11 is 0. The Morgan fingerprint density at radius 3 is 2.44 bits per heavy atom. The molecule has 0 saturated carbocycles. The molecule has 170 valence electrons. The van der Waals surface area contributed by atoms with E-state index in [0.717, 1.165) is 16.8 Å². The third kappa shape index (κ3) is 4.81. The number of fused-ring (bicyclic) bond motifs is 1. The number of methoxy groups -OCH3 is 1. The van der Waals surface area contributed by atoms with E-state index in [-0.39, 0.29) is 22.8 Å². The number of hydrogen-bond donors (Lipinski definition) is 3. The number of nitrogens with one attached hydrogen (secondary N) is 1. The highest BCUT2D eigenvalue weighted by Crippen LogP contribution is 2.28. The maximum Gasteiger partial charge on any atom is 0.343 e. The molecule has 0 aliphatic heterocycles. The lowest BCUT2D eigenvalue weighted by Gasteiger charge is -2.11. The second-order valence-electron chi connectivity index (χ2n) is 7.22. The first-order valence-electron chi connectivity index (χ1n) is 10.2. The van der Waals surface area contributed by atoms with Crippen LogP contribution in [0.25, 0.3) is 10.8 Å². The molecule has 4 rings (SSSR count). The van der Waals surface area contributed by atoms with Crippen LogP contribution in [0, 0.1) is 0 Å². The lowest BCUT2D eigenvalue weighted by atomic mass is 10.0. The van der Waals surface area contributed by atoms with Crippen molar-refractivity contribution in [3.63, 3.8) is 0 Å². The molecule has 0 saturated heterocycles. The van der Waals surface area contributed by atoms with Crippen molar-refractivity contribution >= 4 is 28.9 Å². The van der Waals surface area contributed by atoms with Crippen LogP contribution in [0.3, 0.4) is 0 Å². The van der Waals surface area contributed by atoms with E-state index < -0.39 is 11.9 Å². The van der Waals surface area contributed by atoms with Crippen LogP contribution in [0.15, 0.2) is 84.0 Å². The van der Waals surface area contributed by atoms with Gasteiger partial charge in [0.05, 0.1) is 24.5 Å². The van der Waals surface area contributed by atoms with Gasteiger partial charge in [0, 0.05) is 11.6 Å². The minimum Gasteiger partial charge on any atom is -0.508 e. The first-order chi connectivity index (χ1) is 16.5. The maximum atomic E-state index is 12.7. The van der Waals surface area contributed by atoms with Crippen molar-refractivity contribution in [3.05, 3.63) is 95.6 Å². The van der Waals surface area contributed by atoms with E-state index in [9.17, 15) is 19.8 Å². The molecule has 0 spiro atoms. The fourth-order valence-electron chi connectivity index (χ4n) is 3.31. The van der Waals surface area contributed by atoms with Crippen LogP contribution in [-0.4, -0.2) is 35.4 Å². The summed E-state index contributed by atoms with van der Waals surface area (Å²) in [4.78, 5) is 25.1. The molecule has 4 aromatic rings. The topological polar surface area (TPSA) is 117 Å². The molecule has 0 unspecified atom stereocenters. The average Bonchev–Trinajstić information content (AvgIpc) is 2.85. The number of carbonyl (C=O) groups is 2. The second-order valence-corrected chi connectivity index (χ2v) is 7.22. The van der Waals surface area contributed by atoms with Crippen molar-refractivity contribution in [3.8, 4) is 23.0 Å². The van der Waals surface area contributed by atoms with Crippen molar-refractivity contribution in [2.75, 3.05) is 7.11 Å². The van der Waals surface area contributed by atoms with Crippen molar-refractivity contribution < 1.29 is 29.3 Å². The predicted molar refractivity (Wildman–Crippen MR) is 127 cm³/mol. The molecule has 0 fully saturated rings. The molecular weight excluding hydrogens is 436 g/mol. The van der Waals surface area contributed by atoms with Gasteiger partial charge in [-0.15, -0.1) is 0 Å². The van der Waals surface area contributed by atoms with Gasteiger partial charge in [0.2, 0.25) is 0 Å². The fraction of sp³-hybridized carbons (Fsp3) is 0.0385. The highest BCUT2D eigenvalue weighted by atomic mass is 16.5. The Kier molecular flexibility index (Phi) is 6.40. The van der Waals surface area contributed by atoms with E-state index in [4.69, 9.17) is 9.47 Å². The smallest absolute Gasteiger partial charge is 0.343 e. The summed E-state index contributed by atoms with van der Waals surface area (Å²) in [6.45, 7) is 0. The molecular formula is C26H20N2O6. The molecule has 0 radical (unpaired) electrons. The molecule has 1 amide bonds. The van der Waals surface area contributed by atoms with Crippen LogP contribution in [0.4, 0.5) is 0 Å². The Balaban J connectivity index is 1.61. The summed E-state index contributed by atoms with van der Waals surface area (Å²) < 4.78 is 10.7. The lowest BCUT2D eigenvalue weighted by Crippen LogP contribution is -2.18. The van der Waals surface area contributed by atoms with E-state index in [1.807, 2.05) is 30.3 Å². The number of phenolic OH excluding ortho intramolecular Hbond substituents is 2. The fourth-order valence-corrected chi connectivity index (χ4v) is 3.31. The van der Waals surface area contributed by atoms with E-state index >= 15 is 0 Å². The van der Waals surface area contributed by atoms with Crippen LogP contribution in [-0.2, 0) is 0 Å². The standard InChI is InChI=1S/C26H20N2O6/c1-33-19-10-6-17(7-11-19)26(32)34-24-13-8-16-4-2-3-5-20(16)22(24)15-27-28-25(31)21-12-9-18(29)14-23(21)30/h2-15,29-30H,1H3,(H,28,31)/b27-15+. The van der Waals surface area contributed by atoms with E-state index in [1.165, 1.54) is 25.5 Å². The average molecular weight is 456 g/mol. The van der Waals surface area contributed by atoms with Crippen LogP contribution in [0.1, 0.15) is 26.3 Å². The number of phenols is 2. The summed E-state index contributed by atoms with van der Waals surface area (Å²) in [6, 6.07) is 21.0. The Morgan fingerprint density at radius 1 is 0.941 bits per heavy atom. The second kappa shape index (κ2) is 9.74. The minimum absolute atomic E-state index is 0.0565. The normalized spacial score (nSPS) is 10.9. The van der Waals surface area contributed by atoms with Gasteiger partial charge < -0.3 is 19.7 Å². The van der Waals surface area contributed by atoms with E-state index in [2.05, 4.69) is 10.5 Å². The summed E-state index contributed by atoms with van der Waals surface area (Å²) in [5.41, 5.74) is 3.10. The number of aromatic hydroxyl groups is 2. The van der Waals surface area contributed by atoms with Gasteiger partial charge in [0.25, 0.3) is 5.91 Å². The zero-order valence-corrected chi connectivity index (χ0v) is 18.1. The molecule has 8 nitrogen and oxygen atoms in total. The van der Waals surface area contributed by atoms with E-state index in [1.54, 1.807) is 30.3 Å². The third-order valence-electron chi connectivity index (χ3n) is 5.04. The molecule has 34 heavy (non-hydrogen) atoms. The van der Waals surface area contributed by atoms with Crippen molar-refractivity contribution in [2.24, 2.45) is 5.10 Å². The molecule has 0 heterocycles. The van der Waals surface area contributed by atoms with Crippen molar-refractivity contribution in [1.82, 2.24) is 5.43 Å². The Bertz CT molecular complexity index is 1400. The van der Waals surface area contributed by atoms with Gasteiger partial charge >= 0.3 is 5.97 Å². The molecule has 0 aliphatic carbocycles. The number of hydrazone groups is 1. The highest BCUT2D eigenvalue weighted by molar-refractivity contribution is 6.04. The van der Waals surface area contributed by atoms with Gasteiger partial charge in [-0.1, -0.05) is 30.3 Å². The van der Waals surface area contributed by atoms with Crippen molar-refractivity contribution in [2.45, 2.75) is 0 Å². The Hall–Kier alpha value is -4.85. The van der Waals surface area contributed by atoms with Crippen LogP contribution >= 0.6 is 0 Å². The third-order valence-corrected chi connectivity index (χ3v) is 5.04. The number of carbonyl (C=O) groups excluding carboxylic acids is 2. The van der Waals surface area contributed by atoms with E-state index in [0.29, 0.717) is 16.9 Å². The molecule has 0 bridgehead atoms. The summed E-state index contributed by atoms with van der Waals surface area (Å²) in [5.74, 6) is -0.921. The zero-order chi connectivity index (χ0) is 24.1. The number of rotatable bonds is 6. The number of amides is 1. The predicted octanol–water partition coefficient (Wildman–Crippen LogP) is 4.24. The molecule has 4 aromatic carbocycles. The maximum absolute atomic E-state index is 12.7. The zero-order valence-electron chi connectivity index (χ0n) is 18.1. The van der Waals surface area contributed by atoms with Crippen LogP contribution < -0.4 is 14.9 Å². The Labute approximate surface area is 194 Å². The number of ether oxygens (including phenoxy) is 2. The quantitative estimate of drug-likeness (QED) is 0.173. The van der Waals surface area contributed by atoms with Crippen LogP contribution in [0.2, 0.25) is 0 Å². The van der Waals surface area contributed by atoms with Crippen LogP contribution in [0.5, 0.6) is 23.0 Å². The lowest BCUT2D eigenvalue weighted by molar-refractivity contribution is 0.0734. The number of esters is 1. The highest BCUT2D eigenvalue weighted by Gasteiger charge is 2.15. The first-order valence-corrected chi connectivity index (χ1v) is 10.2. The van der Waals surface area contributed by atoms with Gasteiger partial charge in [-0.05, 0) is 53.2 Å². The van der Waals surface area contributed by atoms with Gasteiger partial charge in [-0.2, -0.15) is 5.10 Å². The SMILES string of the molecule is COc1ccc(C(=O)Oc2ccc3ccccc3c2/C=N/NC(=O)c2ccc(O)cc2O)cc1. The molecule has 0 aromatic heterocycles. The first kappa shape index (κ1) is 22.3. The number of benzene rings is 4. The number of hydrogen-bond acceptors (Lipinski definition) is 7. The van der Waals surface area contributed by atoms with Gasteiger partial charge in [-0.25, -0.2) is 10.2 Å².